The summed E-state index contributed by atoms with van der Waals surface area (Å²) in [4.78, 5) is 11.9. The van der Waals surface area contributed by atoms with Crippen molar-refractivity contribution in [1.29, 1.82) is 0 Å². The average Bonchev–Trinajstić information content (AvgIpc) is 2.52. The fourth-order valence-electron chi connectivity index (χ4n) is 1.74. The standard InChI is InChI=1S/C16H16ClNO3/c17-14-5-1-12(2-6-14)11-21-16(20)13-3-7-15(8-4-13)18-9-10-19/h1-8,18-19H,9-11H2. The van der Waals surface area contributed by atoms with Crippen molar-refractivity contribution in [2.75, 3.05) is 18.5 Å². The van der Waals surface area contributed by atoms with E-state index in [1.807, 2.05) is 12.1 Å². The Hall–Kier alpha value is -2.04. The van der Waals surface area contributed by atoms with Gasteiger partial charge in [-0.05, 0) is 42.0 Å². The largest absolute Gasteiger partial charge is 0.457 e. The first-order valence-electron chi connectivity index (χ1n) is 6.55. The minimum atomic E-state index is -0.376. The van der Waals surface area contributed by atoms with Crippen LogP contribution in [0.5, 0.6) is 0 Å². The molecule has 0 aliphatic carbocycles. The van der Waals surface area contributed by atoms with E-state index >= 15 is 0 Å². The van der Waals surface area contributed by atoms with Crippen molar-refractivity contribution >= 4 is 23.3 Å². The van der Waals surface area contributed by atoms with E-state index in [0.717, 1.165) is 11.3 Å². The van der Waals surface area contributed by atoms with Gasteiger partial charge in [-0.3, -0.25) is 0 Å². The van der Waals surface area contributed by atoms with Gasteiger partial charge in [0.2, 0.25) is 0 Å². The molecular weight excluding hydrogens is 290 g/mol. The van der Waals surface area contributed by atoms with Crippen molar-refractivity contribution in [1.82, 2.24) is 0 Å². The molecule has 21 heavy (non-hydrogen) atoms. The van der Waals surface area contributed by atoms with Gasteiger partial charge >= 0.3 is 5.97 Å². The lowest BCUT2D eigenvalue weighted by Gasteiger charge is -2.07. The number of carbonyl (C=O) groups excluding carboxylic acids is 1. The molecule has 0 atom stereocenters. The Bertz CT molecular complexity index is 581. The summed E-state index contributed by atoms with van der Waals surface area (Å²) in [6, 6.07) is 14.1. The summed E-state index contributed by atoms with van der Waals surface area (Å²) >= 11 is 5.79. The van der Waals surface area contributed by atoms with Gasteiger partial charge in [0.1, 0.15) is 6.61 Å². The Kier molecular flexibility index (Phi) is 5.60. The number of halogens is 1. The van der Waals surface area contributed by atoms with Crippen molar-refractivity contribution in [2.24, 2.45) is 0 Å². The first-order valence-corrected chi connectivity index (χ1v) is 6.93. The van der Waals surface area contributed by atoms with E-state index in [2.05, 4.69) is 5.32 Å². The van der Waals surface area contributed by atoms with Crippen LogP contribution in [0.15, 0.2) is 48.5 Å². The number of carbonyl (C=O) groups is 1. The molecule has 0 bridgehead atoms. The molecule has 0 aliphatic heterocycles. The predicted octanol–water partition coefficient (Wildman–Crippen LogP) is 3.10. The van der Waals surface area contributed by atoms with E-state index < -0.39 is 0 Å². The number of nitrogens with one attached hydrogen (secondary N) is 1. The number of aliphatic hydroxyl groups excluding tert-OH is 1. The maximum absolute atomic E-state index is 11.9. The number of ether oxygens (including phenoxy) is 1. The van der Waals surface area contributed by atoms with E-state index in [4.69, 9.17) is 21.4 Å². The number of rotatable bonds is 6. The topological polar surface area (TPSA) is 58.6 Å². The van der Waals surface area contributed by atoms with Crippen LogP contribution in [0.3, 0.4) is 0 Å². The third-order valence-electron chi connectivity index (χ3n) is 2.84. The Morgan fingerprint density at radius 3 is 2.38 bits per heavy atom. The number of hydrogen-bond acceptors (Lipinski definition) is 4. The molecule has 0 amide bonds. The number of aliphatic hydroxyl groups is 1. The fraction of sp³-hybridized carbons (Fsp3) is 0.188. The summed E-state index contributed by atoms with van der Waals surface area (Å²) in [5.41, 5.74) is 2.21. The summed E-state index contributed by atoms with van der Waals surface area (Å²) in [5.74, 6) is -0.376. The molecule has 0 heterocycles. The normalized spacial score (nSPS) is 10.2. The van der Waals surface area contributed by atoms with E-state index in [-0.39, 0.29) is 19.2 Å². The highest BCUT2D eigenvalue weighted by Crippen LogP contribution is 2.13. The van der Waals surface area contributed by atoms with E-state index in [1.165, 1.54) is 0 Å². The van der Waals surface area contributed by atoms with Crippen LogP contribution in [-0.4, -0.2) is 24.2 Å². The zero-order valence-corrected chi connectivity index (χ0v) is 12.1. The Morgan fingerprint density at radius 1 is 1.10 bits per heavy atom. The maximum Gasteiger partial charge on any atom is 0.338 e. The van der Waals surface area contributed by atoms with E-state index in [1.54, 1.807) is 36.4 Å². The lowest BCUT2D eigenvalue weighted by molar-refractivity contribution is 0.0473. The Morgan fingerprint density at radius 2 is 1.76 bits per heavy atom. The molecule has 0 aromatic heterocycles. The van der Waals surface area contributed by atoms with E-state index in [9.17, 15) is 4.79 Å². The number of hydrogen-bond donors (Lipinski definition) is 2. The minimum Gasteiger partial charge on any atom is -0.457 e. The smallest absolute Gasteiger partial charge is 0.338 e. The zero-order chi connectivity index (χ0) is 15.1. The van der Waals surface area contributed by atoms with Crippen LogP contribution in [-0.2, 0) is 11.3 Å². The third-order valence-corrected chi connectivity index (χ3v) is 3.10. The Labute approximate surface area is 128 Å². The summed E-state index contributed by atoms with van der Waals surface area (Å²) < 4.78 is 5.23. The number of esters is 1. The highest BCUT2D eigenvalue weighted by Gasteiger charge is 2.07. The highest BCUT2D eigenvalue weighted by atomic mass is 35.5. The van der Waals surface area contributed by atoms with Crippen LogP contribution < -0.4 is 5.32 Å². The molecule has 0 saturated heterocycles. The molecule has 5 heteroatoms. The molecule has 0 radical (unpaired) electrons. The van der Waals surface area contributed by atoms with Crippen molar-refractivity contribution < 1.29 is 14.6 Å². The predicted molar refractivity (Wildman–Crippen MR) is 82.6 cm³/mol. The monoisotopic (exact) mass is 305 g/mol. The van der Waals surface area contributed by atoms with Crippen molar-refractivity contribution in [2.45, 2.75) is 6.61 Å². The van der Waals surface area contributed by atoms with Crippen molar-refractivity contribution in [3.05, 3.63) is 64.7 Å². The van der Waals surface area contributed by atoms with Crippen LogP contribution in [0.25, 0.3) is 0 Å². The van der Waals surface area contributed by atoms with Crippen LogP contribution in [0.2, 0.25) is 5.02 Å². The molecule has 0 unspecified atom stereocenters. The molecule has 0 aliphatic rings. The molecule has 2 N–H and O–H groups in total. The minimum absolute atomic E-state index is 0.0604. The zero-order valence-electron chi connectivity index (χ0n) is 11.4. The number of anilines is 1. The molecular formula is C16H16ClNO3. The summed E-state index contributed by atoms with van der Waals surface area (Å²) in [7, 11) is 0. The maximum atomic E-state index is 11.9. The van der Waals surface area contributed by atoms with Crippen molar-refractivity contribution in [3.63, 3.8) is 0 Å². The van der Waals surface area contributed by atoms with Gasteiger partial charge in [0.05, 0.1) is 12.2 Å². The van der Waals surface area contributed by atoms with Gasteiger partial charge < -0.3 is 15.2 Å². The molecule has 0 fully saturated rings. The molecule has 2 rings (SSSR count). The van der Waals surface area contributed by atoms with Crippen LogP contribution in [0.4, 0.5) is 5.69 Å². The SMILES string of the molecule is O=C(OCc1ccc(Cl)cc1)c1ccc(NCCO)cc1. The van der Waals surface area contributed by atoms with Gasteiger partial charge in [-0.2, -0.15) is 0 Å². The molecule has 110 valence electrons. The van der Waals surface area contributed by atoms with Crippen LogP contribution >= 0.6 is 11.6 Å². The van der Waals surface area contributed by atoms with Gasteiger partial charge in [-0.1, -0.05) is 23.7 Å². The third kappa shape index (κ3) is 4.77. The first-order chi connectivity index (χ1) is 10.2. The van der Waals surface area contributed by atoms with Crippen LogP contribution in [0, 0.1) is 0 Å². The lowest BCUT2D eigenvalue weighted by Crippen LogP contribution is -2.07. The molecule has 0 spiro atoms. The molecule has 0 saturated carbocycles. The van der Waals surface area contributed by atoms with Gasteiger partial charge in [0.15, 0.2) is 0 Å². The van der Waals surface area contributed by atoms with Crippen LogP contribution in [0.1, 0.15) is 15.9 Å². The fourth-order valence-corrected chi connectivity index (χ4v) is 1.86. The second-order valence-corrected chi connectivity index (χ2v) is 4.87. The first kappa shape index (κ1) is 15.4. The second-order valence-electron chi connectivity index (χ2n) is 4.43. The van der Waals surface area contributed by atoms with Gasteiger partial charge in [-0.15, -0.1) is 0 Å². The molecule has 2 aromatic rings. The summed E-state index contributed by atoms with van der Waals surface area (Å²) in [5, 5.41) is 12.4. The highest BCUT2D eigenvalue weighted by molar-refractivity contribution is 6.30. The Balaban J connectivity index is 1.89. The average molecular weight is 306 g/mol. The quantitative estimate of drug-likeness (QED) is 0.805. The summed E-state index contributed by atoms with van der Waals surface area (Å²) in [6.07, 6.45) is 0. The molecule has 2 aromatic carbocycles. The van der Waals surface area contributed by atoms with Crippen molar-refractivity contribution in [3.8, 4) is 0 Å². The van der Waals surface area contributed by atoms with Gasteiger partial charge in [-0.25, -0.2) is 4.79 Å². The molecule has 4 nitrogen and oxygen atoms in total. The van der Waals surface area contributed by atoms with E-state index in [0.29, 0.717) is 17.1 Å². The summed E-state index contributed by atoms with van der Waals surface area (Å²) in [6.45, 7) is 0.742. The lowest BCUT2D eigenvalue weighted by atomic mass is 10.2. The number of benzene rings is 2. The van der Waals surface area contributed by atoms with Gasteiger partial charge in [0, 0.05) is 17.3 Å². The van der Waals surface area contributed by atoms with Gasteiger partial charge in [0.25, 0.3) is 0 Å². The second kappa shape index (κ2) is 7.67.